The zero-order chi connectivity index (χ0) is 20.6. The van der Waals surface area contributed by atoms with E-state index in [2.05, 4.69) is 26.0 Å². The fourth-order valence-electron chi connectivity index (χ4n) is 6.00. The Morgan fingerprint density at radius 2 is 1.86 bits per heavy atom. The van der Waals surface area contributed by atoms with Crippen LogP contribution in [0.5, 0.6) is 5.75 Å². The standard InChI is InChI=1S/C21H24BrF2NO4/c22-21-8-13-5-14(9-21)7-20(6-13,12-21)10-18(27)28-11-17(26)25-15-3-1-2-4-16(15)29-19(23)24/h1-4,13-14,19H,5-12H2,(H,25,26)/t13-,14-,20?,21?/m1/s1. The van der Waals surface area contributed by atoms with Crippen LogP contribution in [0, 0.1) is 17.3 Å². The second kappa shape index (κ2) is 7.85. The highest BCUT2D eigenvalue weighted by molar-refractivity contribution is 9.10. The number of amides is 1. The third kappa shape index (κ3) is 4.73. The van der Waals surface area contributed by atoms with Crippen molar-refractivity contribution in [3.05, 3.63) is 24.3 Å². The van der Waals surface area contributed by atoms with Crippen molar-refractivity contribution in [1.29, 1.82) is 0 Å². The zero-order valence-electron chi connectivity index (χ0n) is 16.0. The molecule has 0 radical (unpaired) electrons. The summed E-state index contributed by atoms with van der Waals surface area (Å²) >= 11 is 3.92. The lowest BCUT2D eigenvalue weighted by atomic mass is 9.49. The average molecular weight is 472 g/mol. The van der Waals surface area contributed by atoms with E-state index in [9.17, 15) is 18.4 Å². The highest BCUT2D eigenvalue weighted by Crippen LogP contribution is 2.65. The van der Waals surface area contributed by atoms with E-state index in [0.29, 0.717) is 18.3 Å². The van der Waals surface area contributed by atoms with Crippen LogP contribution in [0.1, 0.15) is 44.9 Å². The second-order valence-corrected chi connectivity index (χ2v) is 10.6. The molecule has 0 spiro atoms. The maximum atomic E-state index is 12.5. The molecule has 5 rings (SSSR count). The van der Waals surface area contributed by atoms with Gasteiger partial charge in [0.05, 0.1) is 12.1 Å². The number of hydrogen-bond donors (Lipinski definition) is 1. The highest BCUT2D eigenvalue weighted by Gasteiger charge is 2.57. The van der Waals surface area contributed by atoms with Crippen molar-refractivity contribution in [2.45, 2.75) is 55.9 Å². The van der Waals surface area contributed by atoms with E-state index in [-0.39, 0.29) is 27.1 Å². The summed E-state index contributed by atoms with van der Waals surface area (Å²) in [5.41, 5.74) is 0.0786. The van der Waals surface area contributed by atoms with Gasteiger partial charge in [0.15, 0.2) is 6.61 Å². The molecular formula is C21H24BrF2NO4. The van der Waals surface area contributed by atoms with Crippen molar-refractivity contribution in [3.8, 4) is 5.75 Å². The van der Waals surface area contributed by atoms with E-state index < -0.39 is 19.1 Å². The summed E-state index contributed by atoms with van der Waals surface area (Å²) in [6, 6.07) is 5.89. The van der Waals surface area contributed by atoms with Crippen molar-refractivity contribution in [2.75, 3.05) is 11.9 Å². The third-order valence-corrected chi connectivity index (χ3v) is 7.30. The van der Waals surface area contributed by atoms with Gasteiger partial charge in [0.2, 0.25) is 0 Å². The molecule has 1 aromatic rings. The van der Waals surface area contributed by atoms with Crippen LogP contribution in [0.25, 0.3) is 0 Å². The summed E-state index contributed by atoms with van der Waals surface area (Å²) in [5.74, 6) is 0.218. The molecule has 1 aromatic carbocycles. The van der Waals surface area contributed by atoms with E-state index in [1.54, 1.807) is 6.07 Å². The topological polar surface area (TPSA) is 64.6 Å². The van der Waals surface area contributed by atoms with Gasteiger partial charge in [0, 0.05) is 4.32 Å². The summed E-state index contributed by atoms with van der Waals surface area (Å²) < 4.78 is 34.7. The Hall–Kier alpha value is -1.70. The fraction of sp³-hybridized carbons (Fsp3) is 0.619. The number of ether oxygens (including phenoxy) is 2. The Morgan fingerprint density at radius 3 is 2.52 bits per heavy atom. The number of esters is 1. The molecule has 1 amide bonds. The lowest BCUT2D eigenvalue weighted by molar-refractivity contribution is -0.153. The van der Waals surface area contributed by atoms with Gasteiger partial charge in [0.1, 0.15) is 5.75 Å². The van der Waals surface area contributed by atoms with Crippen LogP contribution in [0.3, 0.4) is 0 Å². The van der Waals surface area contributed by atoms with Gasteiger partial charge in [-0.1, -0.05) is 28.1 Å². The van der Waals surface area contributed by atoms with Crippen molar-refractivity contribution in [1.82, 2.24) is 0 Å². The van der Waals surface area contributed by atoms with E-state index in [0.717, 1.165) is 19.3 Å². The van der Waals surface area contributed by atoms with Crippen LogP contribution >= 0.6 is 15.9 Å². The molecule has 0 aromatic heterocycles. The minimum absolute atomic E-state index is 0.0289. The number of anilines is 1. The third-order valence-electron chi connectivity index (χ3n) is 6.37. The molecule has 0 unspecified atom stereocenters. The Bertz CT molecular complexity index is 789. The number of hydrogen-bond acceptors (Lipinski definition) is 4. The predicted octanol–water partition coefficient (Wildman–Crippen LogP) is 4.89. The van der Waals surface area contributed by atoms with Crippen LogP contribution in [-0.2, 0) is 14.3 Å². The SMILES string of the molecule is O=C(COC(=O)CC12C[C@H]3C[C@@H](CC(Br)(C3)C1)C2)Nc1ccccc1OC(F)F. The summed E-state index contributed by atoms with van der Waals surface area (Å²) in [5, 5.41) is 2.45. The molecular weight excluding hydrogens is 448 g/mol. The molecule has 4 bridgehead atoms. The number of halogens is 3. The van der Waals surface area contributed by atoms with Crippen LogP contribution < -0.4 is 10.1 Å². The van der Waals surface area contributed by atoms with E-state index >= 15 is 0 Å². The highest BCUT2D eigenvalue weighted by atomic mass is 79.9. The smallest absolute Gasteiger partial charge is 0.387 e. The van der Waals surface area contributed by atoms with Gasteiger partial charge in [-0.2, -0.15) is 8.78 Å². The molecule has 29 heavy (non-hydrogen) atoms. The Morgan fingerprint density at radius 1 is 1.17 bits per heavy atom. The molecule has 1 N–H and O–H groups in total. The molecule has 158 valence electrons. The Balaban J connectivity index is 1.30. The Kier molecular flexibility index (Phi) is 5.57. The molecule has 8 heteroatoms. The molecule has 4 aliphatic rings. The first-order chi connectivity index (χ1) is 13.7. The number of para-hydroxylation sites is 2. The number of alkyl halides is 3. The van der Waals surface area contributed by atoms with Gasteiger partial charge in [-0.15, -0.1) is 0 Å². The number of carbonyl (C=O) groups is 2. The average Bonchev–Trinajstić information content (AvgIpc) is 2.58. The molecule has 4 saturated carbocycles. The number of rotatable bonds is 7. The van der Waals surface area contributed by atoms with Crippen LogP contribution in [0.2, 0.25) is 0 Å². The summed E-state index contributed by atoms with van der Waals surface area (Å²) in [4.78, 5) is 24.6. The molecule has 0 saturated heterocycles. The molecule has 2 atom stereocenters. The van der Waals surface area contributed by atoms with Crippen LogP contribution in [0.15, 0.2) is 24.3 Å². The van der Waals surface area contributed by atoms with Crippen molar-refractivity contribution < 1.29 is 27.8 Å². The largest absolute Gasteiger partial charge is 0.456 e. The normalized spacial score (nSPS) is 32.3. The van der Waals surface area contributed by atoms with Crippen molar-refractivity contribution in [3.63, 3.8) is 0 Å². The quantitative estimate of drug-likeness (QED) is 0.453. The maximum absolute atomic E-state index is 12.5. The second-order valence-electron chi connectivity index (χ2n) is 8.87. The molecule has 0 heterocycles. The first-order valence-corrected chi connectivity index (χ1v) is 10.7. The van der Waals surface area contributed by atoms with Crippen LogP contribution in [-0.4, -0.2) is 29.4 Å². The molecule has 5 nitrogen and oxygen atoms in total. The summed E-state index contributed by atoms with van der Waals surface area (Å²) in [6.07, 6.45) is 7.03. The van der Waals surface area contributed by atoms with Crippen molar-refractivity contribution >= 4 is 33.5 Å². The van der Waals surface area contributed by atoms with Gasteiger partial charge >= 0.3 is 12.6 Å². The van der Waals surface area contributed by atoms with Gasteiger partial charge in [-0.3, -0.25) is 9.59 Å². The van der Waals surface area contributed by atoms with Crippen LogP contribution in [0.4, 0.5) is 14.5 Å². The lowest BCUT2D eigenvalue weighted by Crippen LogP contribution is -2.53. The Labute approximate surface area is 176 Å². The van der Waals surface area contributed by atoms with E-state index in [4.69, 9.17) is 4.74 Å². The monoisotopic (exact) mass is 471 g/mol. The van der Waals surface area contributed by atoms with Gasteiger partial charge < -0.3 is 14.8 Å². The molecule has 0 aliphatic heterocycles. The van der Waals surface area contributed by atoms with Gasteiger partial charge in [-0.25, -0.2) is 0 Å². The van der Waals surface area contributed by atoms with Gasteiger partial charge in [0.25, 0.3) is 5.91 Å². The minimum Gasteiger partial charge on any atom is -0.456 e. The number of benzene rings is 1. The van der Waals surface area contributed by atoms with E-state index in [1.165, 1.54) is 37.5 Å². The number of carbonyl (C=O) groups excluding carboxylic acids is 2. The summed E-state index contributed by atoms with van der Waals surface area (Å²) in [7, 11) is 0. The zero-order valence-corrected chi connectivity index (χ0v) is 17.6. The fourth-order valence-corrected chi connectivity index (χ4v) is 7.51. The maximum Gasteiger partial charge on any atom is 0.387 e. The predicted molar refractivity (Wildman–Crippen MR) is 106 cm³/mol. The minimum atomic E-state index is -3.00. The first-order valence-electron chi connectivity index (χ1n) is 9.93. The molecule has 4 fully saturated rings. The van der Waals surface area contributed by atoms with Crippen molar-refractivity contribution in [2.24, 2.45) is 17.3 Å². The first kappa shape index (κ1) is 20.6. The number of nitrogens with one attached hydrogen (secondary N) is 1. The van der Waals surface area contributed by atoms with Gasteiger partial charge in [-0.05, 0) is 67.9 Å². The van der Waals surface area contributed by atoms with E-state index in [1.807, 2.05) is 0 Å². The molecule has 4 aliphatic carbocycles. The summed E-state index contributed by atoms with van der Waals surface area (Å²) in [6.45, 7) is -3.45. The lowest BCUT2D eigenvalue weighted by Gasteiger charge is -2.60.